The number of nitrogens with zero attached hydrogens (tertiary/aromatic N) is 1. The Hall–Kier alpha value is -1.96. The maximum Gasteiger partial charge on any atom is 0.334 e. The summed E-state index contributed by atoms with van der Waals surface area (Å²) >= 11 is 11.7. The molecule has 0 radical (unpaired) electrons. The average Bonchev–Trinajstić information content (AvgIpc) is 2.44. The highest BCUT2D eigenvalue weighted by atomic mass is 35.5. The summed E-state index contributed by atoms with van der Waals surface area (Å²) in [5.41, 5.74) is 0.260. The molecule has 0 atom stereocenters. The summed E-state index contributed by atoms with van der Waals surface area (Å²) in [5, 5.41) is 10.5. The first-order valence-corrected chi connectivity index (χ1v) is 8.19. The molecule has 120 valence electrons. The van der Waals surface area contributed by atoms with Gasteiger partial charge in [-0.3, -0.25) is 10.1 Å². The Balaban J connectivity index is 2.46. The van der Waals surface area contributed by atoms with E-state index in [0.717, 1.165) is 6.07 Å². The van der Waals surface area contributed by atoms with E-state index in [1.54, 1.807) is 0 Å². The van der Waals surface area contributed by atoms with E-state index in [0.29, 0.717) is 5.56 Å². The molecule has 0 unspecified atom stereocenters. The van der Waals surface area contributed by atoms with E-state index in [2.05, 4.69) is 0 Å². The fraction of sp³-hybridized carbons (Fsp3) is 0. The number of halogens is 3. The predicted molar refractivity (Wildman–Crippen MR) is 86.8 cm³/mol. The monoisotopic (exact) mass is 375 g/mol. The Labute approximate surface area is 141 Å². The predicted octanol–water partition coefficient (Wildman–Crippen LogP) is 4.73. The van der Waals surface area contributed by atoms with Crippen LogP contribution < -0.4 is 0 Å². The molecule has 2 rings (SSSR count). The third kappa shape index (κ3) is 4.07. The average molecular weight is 376 g/mol. The molecule has 9 heteroatoms. The molecular formula is C14H8Cl2FNO4S. The van der Waals surface area contributed by atoms with E-state index in [1.165, 1.54) is 42.5 Å². The fourth-order valence-corrected chi connectivity index (χ4v) is 3.27. The molecule has 0 fully saturated rings. The van der Waals surface area contributed by atoms with E-state index < -0.39 is 20.0 Å². The summed E-state index contributed by atoms with van der Waals surface area (Å²) in [5.74, 6) is 0. The molecule has 0 amide bonds. The van der Waals surface area contributed by atoms with Crippen LogP contribution in [-0.4, -0.2) is 13.3 Å². The van der Waals surface area contributed by atoms with Crippen LogP contribution in [0.15, 0.2) is 41.3 Å². The molecule has 0 spiro atoms. The van der Waals surface area contributed by atoms with Gasteiger partial charge in [-0.2, -0.15) is 8.42 Å². The van der Waals surface area contributed by atoms with Crippen molar-refractivity contribution in [1.29, 1.82) is 0 Å². The lowest BCUT2D eigenvalue weighted by molar-refractivity contribution is -0.384. The normalized spacial score (nSPS) is 11.8. The van der Waals surface area contributed by atoms with Crippen LogP contribution in [0.5, 0.6) is 0 Å². The highest BCUT2D eigenvalue weighted by Gasteiger charge is 2.20. The molecule has 5 nitrogen and oxygen atoms in total. The van der Waals surface area contributed by atoms with Crippen LogP contribution in [0.4, 0.5) is 9.57 Å². The molecule has 0 heterocycles. The summed E-state index contributed by atoms with van der Waals surface area (Å²) in [6.07, 6.45) is 2.72. The van der Waals surface area contributed by atoms with Crippen molar-refractivity contribution in [1.82, 2.24) is 0 Å². The minimum Gasteiger partial charge on any atom is -0.258 e. The van der Waals surface area contributed by atoms with Crippen LogP contribution in [0, 0.1) is 10.1 Å². The molecule has 0 saturated carbocycles. The van der Waals surface area contributed by atoms with Gasteiger partial charge in [0.1, 0.15) is 4.90 Å². The van der Waals surface area contributed by atoms with Gasteiger partial charge in [-0.1, -0.05) is 47.5 Å². The number of non-ortho nitro benzene ring substituents is 1. The van der Waals surface area contributed by atoms with E-state index in [-0.39, 0.29) is 21.3 Å². The van der Waals surface area contributed by atoms with Crippen molar-refractivity contribution in [3.63, 3.8) is 0 Å². The van der Waals surface area contributed by atoms with Gasteiger partial charge in [-0.05, 0) is 23.3 Å². The lowest BCUT2D eigenvalue weighted by Crippen LogP contribution is -1.96. The van der Waals surface area contributed by atoms with Gasteiger partial charge in [0.2, 0.25) is 0 Å². The zero-order valence-corrected chi connectivity index (χ0v) is 13.6. The summed E-state index contributed by atoms with van der Waals surface area (Å²) in [4.78, 5) is 9.41. The number of nitro benzene ring substituents is 1. The minimum absolute atomic E-state index is 0.0365. The van der Waals surface area contributed by atoms with Gasteiger partial charge in [0.15, 0.2) is 0 Å². The van der Waals surface area contributed by atoms with Crippen molar-refractivity contribution in [2.24, 2.45) is 0 Å². The van der Waals surface area contributed by atoms with Crippen LogP contribution in [-0.2, 0) is 10.2 Å². The molecule has 0 N–H and O–H groups in total. The first-order valence-electron chi connectivity index (χ1n) is 6.05. The Morgan fingerprint density at radius 2 is 1.70 bits per heavy atom. The van der Waals surface area contributed by atoms with Gasteiger partial charge in [-0.15, -0.1) is 3.89 Å². The van der Waals surface area contributed by atoms with Crippen molar-refractivity contribution in [3.8, 4) is 0 Å². The quantitative estimate of drug-likeness (QED) is 0.335. The van der Waals surface area contributed by atoms with Gasteiger partial charge in [0.05, 0.1) is 15.0 Å². The van der Waals surface area contributed by atoms with Crippen LogP contribution in [0.1, 0.15) is 11.1 Å². The summed E-state index contributed by atoms with van der Waals surface area (Å²) in [6.45, 7) is 0. The lowest BCUT2D eigenvalue weighted by atomic mass is 10.1. The standard InChI is InChI=1S/C14H8Cl2FNO4S/c15-12-3-1-2-10(14(12)23(17,21)22)5-4-9-6-7-11(18(19)20)8-13(9)16/h1-8H/b5-4+. The molecule has 23 heavy (non-hydrogen) atoms. The lowest BCUT2D eigenvalue weighted by Gasteiger charge is -2.04. The zero-order chi connectivity index (χ0) is 17.2. The van der Waals surface area contributed by atoms with Crippen LogP contribution in [0.25, 0.3) is 12.2 Å². The second-order valence-corrected chi connectivity index (χ2v) is 6.49. The smallest absolute Gasteiger partial charge is 0.258 e. The summed E-state index contributed by atoms with van der Waals surface area (Å²) in [6, 6.07) is 7.89. The third-order valence-electron chi connectivity index (χ3n) is 2.88. The first-order chi connectivity index (χ1) is 10.7. The summed E-state index contributed by atoms with van der Waals surface area (Å²) < 4.78 is 35.7. The molecule has 0 aliphatic carbocycles. The van der Waals surface area contributed by atoms with Gasteiger partial charge in [0.25, 0.3) is 5.69 Å². The number of hydrogen-bond acceptors (Lipinski definition) is 4. The van der Waals surface area contributed by atoms with Crippen LogP contribution >= 0.6 is 23.2 Å². The van der Waals surface area contributed by atoms with E-state index in [1.807, 2.05) is 0 Å². The topological polar surface area (TPSA) is 77.3 Å². The zero-order valence-electron chi connectivity index (χ0n) is 11.2. The Kier molecular flexibility index (Phi) is 5.03. The highest BCUT2D eigenvalue weighted by molar-refractivity contribution is 7.86. The molecular weight excluding hydrogens is 368 g/mol. The number of hydrogen-bond donors (Lipinski definition) is 0. The summed E-state index contributed by atoms with van der Waals surface area (Å²) in [7, 11) is -5.00. The molecule has 0 bridgehead atoms. The van der Waals surface area contributed by atoms with Crippen molar-refractivity contribution >= 4 is 51.3 Å². The highest BCUT2D eigenvalue weighted by Crippen LogP contribution is 2.29. The van der Waals surface area contributed by atoms with Crippen molar-refractivity contribution in [2.75, 3.05) is 0 Å². The second-order valence-electron chi connectivity index (χ2n) is 4.39. The van der Waals surface area contributed by atoms with Crippen LogP contribution in [0.2, 0.25) is 10.0 Å². The Morgan fingerprint density at radius 1 is 1.04 bits per heavy atom. The van der Waals surface area contributed by atoms with E-state index in [4.69, 9.17) is 23.2 Å². The number of rotatable bonds is 4. The third-order valence-corrected chi connectivity index (χ3v) is 4.58. The molecule has 0 aromatic heterocycles. The Bertz CT molecular complexity index is 913. The molecule has 0 aliphatic heterocycles. The molecule has 2 aromatic carbocycles. The molecule has 0 aliphatic rings. The van der Waals surface area contributed by atoms with Gasteiger partial charge in [0, 0.05) is 12.1 Å². The van der Waals surface area contributed by atoms with Crippen LogP contribution in [0.3, 0.4) is 0 Å². The molecule has 0 saturated heterocycles. The number of benzene rings is 2. The number of nitro groups is 1. The van der Waals surface area contributed by atoms with Gasteiger partial charge >= 0.3 is 10.2 Å². The van der Waals surface area contributed by atoms with Gasteiger partial charge < -0.3 is 0 Å². The Morgan fingerprint density at radius 3 is 2.26 bits per heavy atom. The van der Waals surface area contributed by atoms with E-state index in [9.17, 15) is 22.4 Å². The van der Waals surface area contributed by atoms with Crippen molar-refractivity contribution in [3.05, 3.63) is 67.7 Å². The first kappa shape index (κ1) is 17.4. The minimum atomic E-state index is -5.00. The van der Waals surface area contributed by atoms with Gasteiger partial charge in [-0.25, -0.2) is 0 Å². The fourth-order valence-electron chi connectivity index (χ4n) is 1.86. The van der Waals surface area contributed by atoms with Crippen molar-refractivity contribution in [2.45, 2.75) is 4.90 Å². The maximum atomic E-state index is 13.3. The van der Waals surface area contributed by atoms with Crippen molar-refractivity contribution < 1.29 is 17.2 Å². The SMILES string of the molecule is O=[N+]([O-])c1ccc(/C=C/c2cccc(Cl)c2S(=O)(=O)F)c(Cl)c1. The molecule has 2 aromatic rings. The second kappa shape index (κ2) is 6.66. The maximum absolute atomic E-state index is 13.3. The van der Waals surface area contributed by atoms with E-state index >= 15 is 0 Å². The largest absolute Gasteiger partial charge is 0.334 e.